The van der Waals surface area contributed by atoms with Crippen LogP contribution < -0.4 is 5.32 Å². The Hall–Kier alpha value is -1.92. The predicted molar refractivity (Wildman–Crippen MR) is 104 cm³/mol. The van der Waals surface area contributed by atoms with Crippen LogP contribution in [0.15, 0.2) is 36.7 Å². The average molecular weight is 431 g/mol. The number of nitrogens with one attached hydrogen (secondary N) is 1. The van der Waals surface area contributed by atoms with Crippen LogP contribution in [-0.4, -0.2) is 20.8 Å². The highest BCUT2D eigenvalue weighted by Gasteiger charge is 2.16. The smallest absolute Gasteiger partial charge is 0.258 e. The number of hydrogen-bond acceptors (Lipinski definition) is 3. The summed E-state index contributed by atoms with van der Waals surface area (Å²) >= 11 is 23.9. The Morgan fingerprint density at radius 3 is 2.54 bits per heavy atom. The minimum absolute atomic E-state index is 0.0827. The lowest BCUT2D eigenvalue weighted by atomic mass is 10.2. The Morgan fingerprint density at radius 2 is 1.85 bits per heavy atom. The van der Waals surface area contributed by atoms with E-state index in [-0.39, 0.29) is 22.0 Å². The van der Waals surface area contributed by atoms with Crippen molar-refractivity contribution in [3.05, 3.63) is 67.9 Å². The van der Waals surface area contributed by atoms with Gasteiger partial charge in [-0.25, -0.2) is 4.68 Å². The van der Waals surface area contributed by atoms with Gasteiger partial charge in [-0.2, -0.15) is 5.10 Å². The number of phenols is 1. The van der Waals surface area contributed by atoms with Gasteiger partial charge in [0.1, 0.15) is 0 Å². The van der Waals surface area contributed by atoms with E-state index in [4.69, 9.17) is 46.4 Å². The average Bonchev–Trinajstić information content (AvgIpc) is 3.10. The molecule has 0 saturated carbocycles. The summed E-state index contributed by atoms with van der Waals surface area (Å²) in [5.74, 6) is -0.735. The standard InChI is InChI=1S/C17H11Cl4N3O2/c1-8-12(19)5-14(16(25)15(8)21)23-17(26)9-6-22-24(7-9)10-2-3-11(18)13(20)4-10/h2-7,25H,1H3,(H,23,26). The van der Waals surface area contributed by atoms with Crippen molar-refractivity contribution in [2.45, 2.75) is 6.92 Å². The zero-order chi connectivity index (χ0) is 19.0. The fraction of sp³-hybridized carbons (Fsp3) is 0.0588. The van der Waals surface area contributed by atoms with Crippen LogP contribution in [0.1, 0.15) is 15.9 Å². The summed E-state index contributed by atoms with van der Waals surface area (Å²) in [6, 6.07) is 6.41. The molecule has 0 aliphatic carbocycles. The van der Waals surface area contributed by atoms with Gasteiger partial charge in [0, 0.05) is 11.2 Å². The first-order chi connectivity index (χ1) is 12.3. The molecule has 0 aliphatic rings. The largest absolute Gasteiger partial charge is 0.504 e. The summed E-state index contributed by atoms with van der Waals surface area (Å²) in [7, 11) is 0. The quantitative estimate of drug-likeness (QED) is 0.519. The fourth-order valence-corrected chi connectivity index (χ4v) is 2.95. The number of anilines is 1. The van der Waals surface area contributed by atoms with Crippen LogP contribution >= 0.6 is 46.4 Å². The second-order valence-electron chi connectivity index (χ2n) is 5.42. The summed E-state index contributed by atoms with van der Waals surface area (Å²) in [5, 5.41) is 18.0. The monoisotopic (exact) mass is 429 g/mol. The van der Waals surface area contributed by atoms with E-state index in [1.54, 1.807) is 25.1 Å². The van der Waals surface area contributed by atoms with E-state index in [2.05, 4.69) is 10.4 Å². The molecule has 0 bridgehead atoms. The first-order valence-electron chi connectivity index (χ1n) is 7.27. The van der Waals surface area contributed by atoms with Crippen molar-refractivity contribution in [2.75, 3.05) is 5.32 Å². The Labute approximate surface area is 169 Å². The number of rotatable bonds is 3. The number of carbonyl (C=O) groups excluding carboxylic acids is 1. The lowest BCUT2D eigenvalue weighted by molar-refractivity contribution is 0.102. The molecule has 0 spiro atoms. The zero-order valence-electron chi connectivity index (χ0n) is 13.2. The SMILES string of the molecule is Cc1c(Cl)cc(NC(=O)c2cnn(-c3ccc(Cl)c(Cl)c3)c2)c(O)c1Cl. The number of phenolic OH excluding ortho intramolecular Hbond substituents is 1. The number of carbonyl (C=O) groups is 1. The minimum atomic E-state index is -0.484. The molecule has 0 atom stereocenters. The summed E-state index contributed by atoms with van der Waals surface area (Å²) in [6.07, 6.45) is 2.90. The molecular formula is C17H11Cl4N3O2. The lowest BCUT2D eigenvalue weighted by Gasteiger charge is -2.11. The van der Waals surface area contributed by atoms with Gasteiger partial charge in [-0.15, -0.1) is 0 Å². The molecule has 1 heterocycles. The van der Waals surface area contributed by atoms with E-state index in [0.29, 0.717) is 26.3 Å². The van der Waals surface area contributed by atoms with Crippen LogP contribution in [0.4, 0.5) is 5.69 Å². The van der Waals surface area contributed by atoms with Crippen molar-refractivity contribution in [1.29, 1.82) is 0 Å². The maximum atomic E-state index is 12.4. The number of amides is 1. The maximum absolute atomic E-state index is 12.4. The molecule has 0 radical (unpaired) electrons. The van der Waals surface area contributed by atoms with Crippen LogP contribution in [0, 0.1) is 6.92 Å². The van der Waals surface area contributed by atoms with Crippen molar-refractivity contribution in [3.8, 4) is 11.4 Å². The van der Waals surface area contributed by atoms with E-state index >= 15 is 0 Å². The van der Waals surface area contributed by atoms with E-state index in [1.165, 1.54) is 23.1 Å². The molecule has 0 aliphatic heterocycles. The van der Waals surface area contributed by atoms with Gasteiger partial charge < -0.3 is 10.4 Å². The van der Waals surface area contributed by atoms with Gasteiger partial charge in [0.2, 0.25) is 0 Å². The third-order valence-corrected chi connectivity index (χ3v) is 5.28. The fourth-order valence-electron chi connectivity index (χ4n) is 2.20. The number of aromatic nitrogens is 2. The van der Waals surface area contributed by atoms with Crippen LogP contribution in [0.3, 0.4) is 0 Å². The highest BCUT2D eigenvalue weighted by molar-refractivity contribution is 6.42. The Bertz CT molecular complexity index is 1020. The van der Waals surface area contributed by atoms with Gasteiger partial charge in [-0.3, -0.25) is 4.79 Å². The third-order valence-electron chi connectivity index (χ3n) is 3.68. The van der Waals surface area contributed by atoms with E-state index in [0.717, 1.165) is 0 Å². The molecule has 5 nitrogen and oxygen atoms in total. The molecular weight excluding hydrogens is 420 g/mol. The number of benzene rings is 2. The van der Waals surface area contributed by atoms with Gasteiger partial charge in [0.15, 0.2) is 5.75 Å². The van der Waals surface area contributed by atoms with Gasteiger partial charge in [-0.1, -0.05) is 46.4 Å². The molecule has 1 aromatic heterocycles. The molecule has 26 heavy (non-hydrogen) atoms. The number of halogens is 4. The van der Waals surface area contributed by atoms with Crippen LogP contribution in [-0.2, 0) is 0 Å². The molecule has 3 rings (SSSR count). The predicted octanol–water partition coefficient (Wildman–Crippen LogP) is 5.75. The maximum Gasteiger partial charge on any atom is 0.258 e. The molecule has 1 amide bonds. The first-order valence-corrected chi connectivity index (χ1v) is 8.78. The van der Waals surface area contributed by atoms with E-state index in [1.807, 2.05) is 0 Å². The number of nitrogens with zero attached hydrogens (tertiary/aromatic N) is 2. The van der Waals surface area contributed by atoms with Crippen molar-refractivity contribution < 1.29 is 9.90 Å². The van der Waals surface area contributed by atoms with Crippen molar-refractivity contribution >= 4 is 58.0 Å². The molecule has 9 heteroatoms. The molecule has 3 aromatic rings. The summed E-state index contributed by atoms with van der Waals surface area (Å²) in [5.41, 5.74) is 1.54. The van der Waals surface area contributed by atoms with Gasteiger partial charge in [0.25, 0.3) is 5.91 Å². The second kappa shape index (κ2) is 7.37. The highest BCUT2D eigenvalue weighted by atomic mass is 35.5. The topological polar surface area (TPSA) is 67.2 Å². The second-order valence-corrected chi connectivity index (χ2v) is 7.02. The van der Waals surface area contributed by atoms with Gasteiger partial charge in [0.05, 0.1) is 38.2 Å². The zero-order valence-corrected chi connectivity index (χ0v) is 16.2. The molecule has 2 aromatic carbocycles. The summed E-state index contributed by atoms with van der Waals surface area (Å²) in [6.45, 7) is 1.66. The van der Waals surface area contributed by atoms with Crippen molar-refractivity contribution in [2.24, 2.45) is 0 Å². The van der Waals surface area contributed by atoms with Crippen molar-refractivity contribution in [3.63, 3.8) is 0 Å². The minimum Gasteiger partial charge on any atom is -0.504 e. The van der Waals surface area contributed by atoms with Crippen LogP contribution in [0.25, 0.3) is 5.69 Å². The summed E-state index contributed by atoms with van der Waals surface area (Å²) < 4.78 is 1.48. The molecule has 2 N–H and O–H groups in total. The first kappa shape index (κ1) is 18.9. The number of hydrogen-bond donors (Lipinski definition) is 2. The van der Waals surface area contributed by atoms with E-state index < -0.39 is 5.91 Å². The Kier molecular flexibility index (Phi) is 5.34. The summed E-state index contributed by atoms with van der Waals surface area (Å²) in [4.78, 5) is 12.4. The molecule has 0 fully saturated rings. The van der Waals surface area contributed by atoms with Crippen LogP contribution in [0.2, 0.25) is 20.1 Å². The van der Waals surface area contributed by atoms with E-state index in [9.17, 15) is 9.90 Å². The highest BCUT2D eigenvalue weighted by Crippen LogP contribution is 2.38. The number of aromatic hydroxyl groups is 1. The van der Waals surface area contributed by atoms with Gasteiger partial charge in [-0.05, 0) is 36.8 Å². The Balaban J connectivity index is 1.86. The Morgan fingerprint density at radius 1 is 1.12 bits per heavy atom. The van der Waals surface area contributed by atoms with Crippen LogP contribution in [0.5, 0.6) is 5.75 Å². The third kappa shape index (κ3) is 3.62. The molecule has 0 unspecified atom stereocenters. The van der Waals surface area contributed by atoms with Gasteiger partial charge >= 0.3 is 0 Å². The normalized spacial score (nSPS) is 10.8. The van der Waals surface area contributed by atoms with Crippen molar-refractivity contribution in [1.82, 2.24) is 9.78 Å². The molecule has 0 saturated heterocycles. The lowest BCUT2D eigenvalue weighted by Crippen LogP contribution is -2.11. The molecule has 134 valence electrons.